The van der Waals surface area contributed by atoms with Crippen molar-refractivity contribution in [2.75, 3.05) is 13.1 Å². The number of carboxylic acid groups (broad SMARTS) is 1. The van der Waals surface area contributed by atoms with E-state index in [-0.39, 0.29) is 0 Å². The van der Waals surface area contributed by atoms with Gasteiger partial charge in [0.1, 0.15) is 0 Å². The van der Waals surface area contributed by atoms with Gasteiger partial charge >= 0.3 is 5.97 Å². The molecule has 0 amide bonds. The third-order valence-corrected chi connectivity index (χ3v) is 7.08. The van der Waals surface area contributed by atoms with Gasteiger partial charge in [-0.3, -0.25) is 4.79 Å². The van der Waals surface area contributed by atoms with Crippen molar-refractivity contribution < 1.29 is 18.3 Å². The lowest BCUT2D eigenvalue weighted by atomic mass is 9.96. The normalized spacial score (nSPS) is 30.6. The molecule has 5 nitrogen and oxygen atoms in total. The minimum atomic E-state index is -3.44. The summed E-state index contributed by atoms with van der Waals surface area (Å²) < 4.78 is 26.7. The van der Waals surface area contributed by atoms with Gasteiger partial charge in [0.15, 0.2) is 0 Å². The van der Waals surface area contributed by atoms with Crippen molar-refractivity contribution in [1.82, 2.24) is 4.31 Å². The second-order valence-corrected chi connectivity index (χ2v) is 7.86. The molecule has 1 saturated heterocycles. The molecule has 0 radical (unpaired) electrons. The summed E-state index contributed by atoms with van der Waals surface area (Å²) in [4.78, 5) is 11.2. The van der Waals surface area contributed by atoms with Crippen LogP contribution in [0.25, 0.3) is 0 Å². The Bertz CT molecular complexity index is 426. The highest BCUT2D eigenvalue weighted by Crippen LogP contribution is 2.34. The average molecular weight is 289 g/mol. The highest BCUT2D eigenvalue weighted by atomic mass is 32.2. The van der Waals surface area contributed by atoms with Gasteiger partial charge in [-0.25, -0.2) is 12.7 Å². The van der Waals surface area contributed by atoms with Crippen LogP contribution in [-0.2, 0) is 14.8 Å². The molecule has 6 heteroatoms. The van der Waals surface area contributed by atoms with E-state index in [1.165, 1.54) is 4.31 Å². The summed E-state index contributed by atoms with van der Waals surface area (Å²) in [6.07, 6.45) is 4.58. The van der Waals surface area contributed by atoms with Crippen molar-refractivity contribution in [1.29, 1.82) is 0 Å². The van der Waals surface area contributed by atoms with Gasteiger partial charge in [-0.05, 0) is 31.6 Å². The number of nitrogens with zero attached hydrogens (tertiary/aromatic N) is 1. The molecule has 2 aliphatic rings. The van der Waals surface area contributed by atoms with Crippen LogP contribution in [0.4, 0.5) is 0 Å². The molecule has 2 fully saturated rings. The zero-order valence-electron chi connectivity index (χ0n) is 11.4. The SMILES string of the molecule is CCC1CCN(S(=O)(=O)C2CCCC2C(=O)O)CC1. The fourth-order valence-corrected chi connectivity index (χ4v) is 5.56. The third kappa shape index (κ3) is 2.94. The summed E-state index contributed by atoms with van der Waals surface area (Å²) in [5, 5.41) is 8.44. The fraction of sp³-hybridized carbons (Fsp3) is 0.923. The molecule has 0 aromatic carbocycles. The maximum absolute atomic E-state index is 12.6. The van der Waals surface area contributed by atoms with Gasteiger partial charge < -0.3 is 5.11 Å². The number of rotatable bonds is 4. The van der Waals surface area contributed by atoms with E-state index in [0.29, 0.717) is 38.3 Å². The molecule has 19 heavy (non-hydrogen) atoms. The highest BCUT2D eigenvalue weighted by molar-refractivity contribution is 7.89. The number of sulfonamides is 1. The Morgan fingerprint density at radius 1 is 1.21 bits per heavy atom. The molecule has 110 valence electrons. The van der Waals surface area contributed by atoms with Crippen LogP contribution in [0, 0.1) is 11.8 Å². The van der Waals surface area contributed by atoms with E-state index in [1.54, 1.807) is 0 Å². The van der Waals surface area contributed by atoms with Crippen LogP contribution in [0.15, 0.2) is 0 Å². The second kappa shape index (κ2) is 5.79. The Labute approximate surface area is 115 Å². The van der Waals surface area contributed by atoms with Crippen LogP contribution >= 0.6 is 0 Å². The van der Waals surface area contributed by atoms with Gasteiger partial charge in [0.25, 0.3) is 0 Å². The molecular weight excluding hydrogens is 266 g/mol. The van der Waals surface area contributed by atoms with Gasteiger partial charge in [-0.2, -0.15) is 0 Å². The van der Waals surface area contributed by atoms with E-state index < -0.39 is 27.2 Å². The first kappa shape index (κ1) is 14.8. The summed E-state index contributed by atoms with van der Waals surface area (Å²) in [6, 6.07) is 0. The molecule has 1 N–H and O–H groups in total. The Hall–Kier alpha value is -0.620. The average Bonchev–Trinajstić information content (AvgIpc) is 2.89. The highest BCUT2D eigenvalue weighted by Gasteiger charge is 2.44. The molecule has 1 heterocycles. The lowest BCUT2D eigenvalue weighted by Gasteiger charge is -2.33. The predicted molar refractivity (Wildman–Crippen MR) is 72.3 cm³/mol. The Morgan fingerprint density at radius 2 is 1.84 bits per heavy atom. The largest absolute Gasteiger partial charge is 0.481 e. The first-order valence-corrected chi connectivity index (χ1v) is 8.69. The number of piperidine rings is 1. The number of carbonyl (C=O) groups is 1. The molecule has 2 atom stereocenters. The second-order valence-electron chi connectivity index (χ2n) is 5.71. The topological polar surface area (TPSA) is 74.7 Å². The van der Waals surface area contributed by atoms with Crippen molar-refractivity contribution in [3.8, 4) is 0 Å². The van der Waals surface area contributed by atoms with E-state index in [0.717, 1.165) is 19.3 Å². The fourth-order valence-electron chi connectivity index (χ4n) is 3.33. The van der Waals surface area contributed by atoms with Crippen LogP contribution in [-0.4, -0.2) is 42.1 Å². The lowest BCUT2D eigenvalue weighted by molar-refractivity contribution is -0.141. The monoisotopic (exact) mass is 289 g/mol. The van der Waals surface area contributed by atoms with E-state index in [2.05, 4.69) is 6.92 Å². The van der Waals surface area contributed by atoms with E-state index in [9.17, 15) is 13.2 Å². The predicted octanol–water partition coefficient (Wildman–Crippen LogP) is 1.69. The Balaban J connectivity index is 2.08. The standard InChI is InChI=1S/C13H23NO4S/c1-2-10-6-8-14(9-7-10)19(17,18)12-5-3-4-11(12)13(15)16/h10-12H,2-9H2,1H3,(H,15,16). The van der Waals surface area contributed by atoms with Gasteiger partial charge in [-0.1, -0.05) is 19.8 Å². The molecule has 1 saturated carbocycles. The summed E-state index contributed by atoms with van der Waals surface area (Å²) in [5.41, 5.74) is 0. The zero-order valence-corrected chi connectivity index (χ0v) is 12.2. The summed E-state index contributed by atoms with van der Waals surface area (Å²) in [5.74, 6) is -1.06. The molecular formula is C13H23NO4S. The van der Waals surface area contributed by atoms with Crippen LogP contribution in [0.1, 0.15) is 45.4 Å². The number of carboxylic acids is 1. The summed E-state index contributed by atoms with van der Waals surface area (Å²) in [7, 11) is -3.44. The van der Waals surface area contributed by atoms with Gasteiger partial charge in [0.05, 0.1) is 11.2 Å². The molecule has 2 rings (SSSR count). The molecule has 0 spiro atoms. The van der Waals surface area contributed by atoms with Gasteiger partial charge in [0.2, 0.25) is 10.0 Å². The van der Waals surface area contributed by atoms with Crippen molar-refractivity contribution in [2.24, 2.45) is 11.8 Å². The van der Waals surface area contributed by atoms with Crippen LogP contribution in [0.3, 0.4) is 0 Å². The van der Waals surface area contributed by atoms with Crippen molar-refractivity contribution in [2.45, 2.75) is 50.7 Å². The zero-order chi connectivity index (χ0) is 14.0. The van der Waals surface area contributed by atoms with Gasteiger partial charge in [-0.15, -0.1) is 0 Å². The smallest absolute Gasteiger partial charge is 0.307 e. The number of hydrogen-bond donors (Lipinski definition) is 1. The van der Waals surface area contributed by atoms with Crippen molar-refractivity contribution in [3.05, 3.63) is 0 Å². The van der Waals surface area contributed by atoms with Crippen LogP contribution < -0.4 is 0 Å². The molecule has 0 bridgehead atoms. The van der Waals surface area contributed by atoms with Crippen molar-refractivity contribution in [3.63, 3.8) is 0 Å². The Kier molecular flexibility index (Phi) is 4.50. The first-order valence-electron chi connectivity index (χ1n) is 7.18. The lowest BCUT2D eigenvalue weighted by Crippen LogP contribution is -2.45. The Morgan fingerprint density at radius 3 is 2.37 bits per heavy atom. The summed E-state index contributed by atoms with van der Waals surface area (Å²) >= 11 is 0. The molecule has 0 aromatic rings. The first-order chi connectivity index (χ1) is 8.96. The van der Waals surface area contributed by atoms with E-state index >= 15 is 0 Å². The van der Waals surface area contributed by atoms with Crippen LogP contribution in [0.2, 0.25) is 0 Å². The maximum Gasteiger partial charge on any atom is 0.307 e. The number of aliphatic carboxylic acids is 1. The van der Waals surface area contributed by atoms with E-state index in [4.69, 9.17) is 5.11 Å². The van der Waals surface area contributed by atoms with Gasteiger partial charge in [0, 0.05) is 13.1 Å². The van der Waals surface area contributed by atoms with Crippen LogP contribution in [0.5, 0.6) is 0 Å². The molecule has 0 aromatic heterocycles. The molecule has 2 unspecified atom stereocenters. The van der Waals surface area contributed by atoms with Crippen molar-refractivity contribution >= 4 is 16.0 Å². The maximum atomic E-state index is 12.6. The quantitative estimate of drug-likeness (QED) is 0.854. The molecule has 1 aliphatic carbocycles. The van der Waals surface area contributed by atoms with E-state index in [1.807, 2.05) is 0 Å². The third-order valence-electron chi connectivity index (χ3n) is 4.66. The molecule has 1 aliphatic heterocycles. The number of hydrogen-bond acceptors (Lipinski definition) is 3. The minimum Gasteiger partial charge on any atom is -0.481 e. The summed E-state index contributed by atoms with van der Waals surface area (Å²) in [6.45, 7) is 3.25. The minimum absolute atomic E-state index is 0.491.